The molecule has 0 aromatic rings. The standard InChI is InChI=1S/C2H6BNO2/c3-4-1-2(5)6/h4H,1,3H2,(H,5,6). The third kappa shape index (κ3) is 3.49. The first-order valence-corrected chi connectivity index (χ1v) is 1.63. The molecule has 0 fully saturated rings. The Morgan fingerprint density at radius 2 is 2.50 bits per heavy atom. The highest BCUT2D eigenvalue weighted by Crippen LogP contribution is 1.50. The first-order valence-electron chi connectivity index (χ1n) is 1.63. The number of carboxylic acids is 1. The van der Waals surface area contributed by atoms with Crippen LogP contribution in [0.1, 0.15) is 0 Å². The van der Waals surface area contributed by atoms with E-state index in [2.05, 4.69) is 5.23 Å². The Labute approximate surface area is 36.8 Å². The van der Waals surface area contributed by atoms with E-state index in [9.17, 15) is 4.79 Å². The van der Waals surface area contributed by atoms with E-state index in [1.807, 2.05) is 0 Å². The minimum atomic E-state index is -0.822. The van der Waals surface area contributed by atoms with Crippen molar-refractivity contribution >= 4 is 14.0 Å². The Bertz CT molecular complexity index is 55.5. The summed E-state index contributed by atoms with van der Waals surface area (Å²) in [7, 11) is 1.59. The van der Waals surface area contributed by atoms with Crippen LogP contribution in [0.4, 0.5) is 0 Å². The summed E-state index contributed by atoms with van der Waals surface area (Å²) >= 11 is 0. The molecule has 0 saturated carbocycles. The molecule has 0 spiro atoms. The summed E-state index contributed by atoms with van der Waals surface area (Å²) < 4.78 is 0. The second kappa shape index (κ2) is 2.72. The molecule has 0 radical (unpaired) electrons. The zero-order valence-corrected chi connectivity index (χ0v) is 3.56. The molecule has 0 amide bonds. The summed E-state index contributed by atoms with van der Waals surface area (Å²) in [4.78, 5) is 9.54. The Hall–Kier alpha value is -0.505. The Balaban J connectivity index is 2.83. The Morgan fingerprint density at radius 1 is 2.00 bits per heavy atom. The van der Waals surface area contributed by atoms with Crippen LogP contribution < -0.4 is 5.23 Å². The highest BCUT2D eigenvalue weighted by Gasteiger charge is 1.86. The van der Waals surface area contributed by atoms with Gasteiger partial charge in [-0.05, 0) is 0 Å². The first kappa shape index (κ1) is 5.49. The lowest BCUT2D eigenvalue weighted by atomic mass is 10.4. The zero-order valence-electron chi connectivity index (χ0n) is 3.56. The SMILES string of the molecule is BNCC(=O)O. The minimum absolute atomic E-state index is 0.0417. The lowest BCUT2D eigenvalue weighted by Crippen LogP contribution is -2.18. The van der Waals surface area contributed by atoms with Gasteiger partial charge in [-0.1, -0.05) is 0 Å². The van der Waals surface area contributed by atoms with Crippen molar-refractivity contribution in [2.45, 2.75) is 0 Å². The Morgan fingerprint density at radius 3 is 2.50 bits per heavy atom. The maximum absolute atomic E-state index is 9.54. The van der Waals surface area contributed by atoms with E-state index in [1.54, 1.807) is 7.98 Å². The fourth-order valence-electron chi connectivity index (χ4n) is 0.151. The number of hydrogen-bond acceptors (Lipinski definition) is 2. The van der Waals surface area contributed by atoms with Crippen LogP contribution >= 0.6 is 0 Å². The summed E-state index contributed by atoms with van der Waals surface area (Å²) in [6.07, 6.45) is 0. The van der Waals surface area contributed by atoms with Crippen molar-refractivity contribution in [2.24, 2.45) is 0 Å². The largest absolute Gasteiger partial charge is 0.480 e. The Kier molecular flexibility index (Phi) is 2.49. The maximum Gasteiger partial charge on any atom is 0.316 e. The van der Waals surface area contributed by atoms with Crippen LogP contribution in [-0.2, 0) is 4.79 Å². The van der Waals surface area contributed by atoms with E-state index >= 15 is 0 Å². The fraction of sp³-hybridized carbons (Fsp3) is 0.500. The van der Waals surface area contributed by atoms with Gasteiger partial charge < -0.3 is 10.3 Å². The van der Waals surface area contributed by atoms with Crippen molar-refractivity contribution in [1.82, 2.24) is 5.23 Å². The predicted molar refractivity (Wildman–Crippen MR) is 24.2 cm³/mol. The van der Waals surface area contributed by atoms with Crippen LogP contribution in [-0.4, -0.2) is 25.6 Å². The lowest BCUT2D eigenvalue weighted by molar-refractivity contribution is -0.135. The third-order valence-corrected chi connectivity index (χ3v) is 0.328. The van der Waals surface area contributed by atoms with Crippen molar-refractivity contribution in [3.05, 3.63) is 0 Å². The molecule has 0 saturated heterocycles. The molecule has 0 aliphatic rings. The average Bonchev–Trinajstić information content (AvgIpc) is 1.35. The monoisotopic (exact) mass is 87.0 g/mol. The van der Waals surface area contributed by atoms with Crippen LogP contribution in [0.25, 0.3) is 0 Å². The van der Waals surface area contributed by atoms with Crippen molar-refractivity contribution < 1.29 is 9.90 Å². The molecule has 0 aromatic heterocycles. The van der Waals surface area contributed by atoms with E-state index in [-0.39, 0.29) is 6.54 Å². The fourth-order valence-corrected chi connectivity index (χ4v) is 0.151. The van der Waals surface area contributed by atoms with Crippen LogP contribution in [0, 0.1) is 0 Å². The van der Waals surface area contributed by atoms with Gasteiger partial charge in [0.1, 0.15) is 0 Å². The van der Waals surface area contributed by atoms with Gasteiger partial charge in [-0.25, -0.2) is 0 Å². The van der Waals surface area contributed by atoms with Gasteiger partial charge in [0.25, 0.3) is 0 Å². The topological polar surface area (TPSA) is 49.3 Å². The number of hydrogen-bond donors (Lipinski definition) is 2. The predicted octanol–water partition coefficient (Wildman–Crippen LogP) is -1.79. The van der Waals surface area contributed by atoms with Gasteiger partial charge in [0.2, 0.25) is 0 Å². The highest BCUT2D eigenvalue weighted by molar-refractivity contribution is 6.05. The van der Waals surface area contributed by atoms with Crippen molar-refractivity contribution in [3.63, 3.8) is 0 Å². The third-order valence-electron chi connectivity index (χ3n) is 0.328. The van der Waals surface area contributed by atoms with Crippen LogP contribution in [0.15, 0.2) is 0 Å². The van der Waals surface area contributed by atoms with E-state index < -0.39 is 5.97 Å². The number of aliphatic carboxylic acids is 1. The van der Waals surface area contributed by atoms with Gasteiger partial charge in [-0.2, -0.15) is 0 Å². The number of nitrogens with one attached hydrogen (secondary N) is 1. The molecule has 0 bridgehead atoms. The summed E-state index contributed by atoms with van der Waals surface area (Å²) in [5.41, 5.74) is 0. The van der Waals surface area contributed by atoms with E-state index in [0.717, 1.165) is 0 Å². The second-order valence-corrected chi connectivity index (χ2v) is 0.924. The van der Waals surface area contributed by atoms with Crippen molar-refractivity contribution in [1.29, 1.82) is 0 Å². The summed E-state index contributed by atoms with van der Waals surface area (Å²) in [6.45, 7) is 0.0417. The molecule has 0 heterocycles. The molecule has 0 unspecified atom stereocenters. The lowest BCUT2D eigenvalue weighted by Gasteiger charge is -1.84. The van der Waals surface area contributed by atoms with Crippen molar-refractivity contribution in [2.75, 3.05) is 6.54 Å². The smallest absolute Gasteiger partial charge is 0.316 e. The quantitative estimate of drug-likeness (QED) is 0.391. The molecule has 0 rings (SSSR count). The molecule has 4 heteroatoms. The van der Waals surface area contributed by atoms with Gasteiger partial charge >= 0.3 is 5.97 Å². The zero-order chi connectivity index (χ0) is 4.99. The van der Waals surface area contributed by atoms with Crippen LogP contribution in [0.3, 0.4) is 0 Å². The van der Waals surface area contributed by atoms with Gasteiger partial charge in [0.05, 0.1) is 6.54 Å². The van der Waals surface area contributed by atoms with E-state index in [4.69, 9.17) is 5.11 Å². The number of carboxylic acid groups (broad SMARTS) is 1. The summed E-state index contributed by atoms with van der Waals surface area (Å²) in [5, 5.41) is 10.3. The molecule has 0 aliphatic carbocycles. The molecule has 0 aliphatic heterocycles. The highest BCUT2D eigenvalue weighted by atomic mass is 16.4. The second-order valence-electron chi connectivity index (χ2n) is 0.924. The first-order chi connectivity index (χ1) is 2.77. The molecule has 0 aromatic carbocycles. The van der Waals surface area contributed by atoms with Gasteiger partial charge in [-0.15, -0.1) is 0 Å². The molecule has 3 nitrogen and oxygen atoms in total. The summed E-state index contributed by atoms with van der Waals surface area (Å²) in [5.74, 6) is -0.822. The summed E-state index contributed by atoms with van der Waals surface area (Å²) in [6, 6.07) is 0. The normalized spacial score (nSPS) is 8.00. The van der Waals surface area contributed by atoms with E-state index in [0.29, 0.717) is 0 Å². The minimum Gasteiger partial charge on any atom is -0.480 e. The molecule has 34 valence electrons. The molecular weight excluding hydrogens is 80.8 g/mol. The van der Waals surface area contributed by atoms with Gasteiger partial charge in [-0.3, -0.25) is 4.79 Å². The molecule has 2 N–H and O–H groups in total. The average molecular weight is 86.9 g/mol. The molecule has 6 heavy (non-hydrogen) atoms. The number of carbonyl (C=O) groups is 1. The number of rotatable bonds is 2. The van der Waals surface area contributed by atoms with Crippen LogP contribution in [0.5, 0.6) is 0 Å². The van der Waals surface area contributed by atoms with Crippen LogP contribution in [0.2, 0.25) is 0 Å². The van der Waals surface area contributed by atoms with Gasteiger partial charge in [0, 0.05) is 0 Å². The molecular formula is C2H6BNO2. The molecule has 0 atom stereocenters. The van der Waals surface area contributed by atoms with Crippen molar-refractivity contribution in [3.8, 4) is 0 Å². The maximum atomic E-state index is 9.54. The van der Waals surface area contributed by atoms with Gasteiger partial charge in [0.15, 0.2) is 7.98 Å². The van der Waals surface area contributed by atoms with E-state index in [1.165, 1.54) is 0 Å².